The van der Waals surface area contributed by atoms with Crippen molar-refractivity contribution in [2.24, 2.45) is 5.73 Å². The minimum Gasteiger partial charge on any atom is -0.493 e. The number of carboxylic acid groups (broad SMARTS) is 1. The highest BCUT2D eigenvalue weighted by molar-refractivity contribution is 5.96. The maximum atomic E-state index is 12.4. The molecule has 1 atom stereocenters. The molecule has 32 heavy (non-hydrogen) atoms. The smallest absolute Gasteiger partial charge is 0.305 e. The summed E-state index contributed by atoms with van der Waals surface area (Å²) in [6.45, 7) is 0. The van der Waals surface area contributed by atoms with Crippen LogP contribution in [0.4, 0.5) is 5.69 Å². The quantitative estimate of drug-likeness (QED) is 0.262. The number of carbonyl (C=O) groups excluding carboxylic acids is 2. The van der Waals surface area contributed by atoms with Crippen LogP contribution in [0.2, 0.25) is 0 Å². The molecule has 10 heteroatoms. The summed E-state index contributed by atoms with van der Waals surface area (Å²) in [5, 5.41) is 21.9. The molecule has 0 aliphatic heterocycles. The Morgan fingerprint density at radius 1 is 1.00 bits per heavy atom. The third-order valence-electron chi connectivity index (χ3n) is 4.58. The molecule has 2 amide bonds. The molecule has 0 spiro atoms. The summed E-state index contributed by atoms with van der Waals surface area (Å²) in [6, 6.07) is 10.5. The molecule has 2 aromatic rings. The Kier molecular flexibility index (Phi) is 8.58. The van der Waals surface area contributed by atoms with Crippen LogP contribution in [0.1, 0.15) is 36.4 Å². The zero-order valence-corrected chi connectivity index (χ0v) is 17.8. The molecule has 0 aromatic heterocycles. The van der Waals surface area contributed by atoms with Gasteiger partial charge in [-0.2, -0.15) is 0 Å². The average molecular weight is 442 g/mol. The van der Waals surface area contributed by atoms with Gasteiger partial charge in [0, 0.05) is 24.1 Å². The molecule has 0 unspecified atom stereocenters. The van der Waals surface area contributed by atoms with Gasteiger partial charge < -0.3 is 30.9 Å². The summed E-state index contributed by atoms with van der Waals surface area (Å²) in [5.41, 5.74) is 6.96. The van der Waals surface area contributed by atoms with Gasteiger partial charge in [0.2, 0.25) is 11.8 Å². The maximum Gasteiger partial charge on any atom is 0.305 e. The number of nitrogens with two attached hydrogens (primary N) is 1. The zero-order valence-electron chi connectivity index (χ0n) is 17.8. The summed E-state index contributed by atoms with van der Waals surface area (Å²) in [4.78, 5) is 35.8. The van der Waals surface area contributed by atoms with Crippen molar-refractivity contribution < 1.29 is 29.0 Å². The van der Waals surface area contributed by atoms with Crippen molar-refractivity contribution in [3.63, 3.8) is 0 Å². The van der Waals surface area contributed by atoms with Crippen molar-refractivity contribution >= 4 is 29.3 Å². The van der Waals surface area contributed by atoms with Crippen LogP contribution >= 0.6 is 0 Å². The molecular formula is C22H26N4O6. The number of methoxy groups -OCH3 is 2. The van der Waals surface area contributed by atoms with E-state index in [1.807, 2.05) is 0 Å². The van der Waals surface area contributed by atoms with Crippen molar-refractivity contribution in [2.45, 2.75) is 25.3 Å². The Labute approximate surface area is 185 Å². The number of anilines is 1. The lowest BCUT2D eigenvalue weighted by molar-refractivity contribution is -0.138. The van der Waals surface area contributed by atoms with Crippen LogP contribution in [-0.2, 0) is 14.4 Å². The number of carboxylic acids is 1. The highest BCUT2D eigenvalue weighted by Gasteiger charge is 2.20. The molecule has 0 bridgehead atoms. The monoisotopic (exact) mass is 442 g/mol. The van der Waals surface area contributed by atoms with E-state index in [-0.39, 0.29) is 31.0 Å². The third kappa shape index (κ3) is 7.01. The van der Waals surface area contributed by atoms with Crippen molar-refractivity contribution in [3.8, 4) is 11.5 Å². The number of ether oxygens (including phenoxy) is 2. The number of amidine groups is 1. The van der Waals surface area contributed by atoms with Crippen molar-refractivity contribution in [1.29, 1.82) is 5.41 Å². The first-order valence-corrected chi connectivity index (χ1v) is 9.71. The summed E-state index contributed by atoms with van der Waals surface area (Å²) >= 11 is 0. The second kappa shape index (κ2) is 11.3. The fourth-order valence-corrected chi connectivity index (χ4v) is 2.95. The molecule has 0 saturated carbocycles. The molecule has 6 N–H and O–H groups in total. The largest absolute Gasteiger partial charge is 0.493 e. The van der Waals surface area contributed by atoms with Gasteiger partial charge in [0.15, 0.2) is 11.5 Å². The van der Waals surface area contributed by atoms with Gasteiger partial charge in [-0.15, -0.1) is 0 Å². The van der Waals surface area contributed by atoms with E-state index in [0.717, 1.165) is 0 Å². The van der Waals surface area contributed by atoms with Gasteiger partial charge in [0.25, 0.3) is 0 Å². The lowest BCUT2D eigenvalue weighted by Crippen LogP contribution is -2.30. The van der Waals surface area contributed by atoms with E-state index in [2.05, 4.69) is 10.6 Å². The first-order valence-electron chi connectivity index (χ1n) is 9.71. The standard InChI is InChI=1S/C22H26N4O6/c1-31-17-8-5-14(11-18(17)32-2)16(12-21(29)30)26-20(28)10-9-19(27)25-15-6-3-13(4-7-15)22(23)24/h3-8,11,16H,9-10,12H2,1-2H3,(H3,23,24)(H,25,27)(H,26,28)(H,29,30)/t16-/m0/s1. The molecule has 0 radical (unpaired) electrons. The first kappa shape index (κ1) is 24.2. The van der Waals surface area contributed by atoms with Crippen LogP contribution in [0.3, 0.4) is 0 Å². The minimum absolute atomic E-state index is 0.0788. The minimum atomic E-state index is -1.09. The lowest BCUT2D eigenvalue weighted by Gasteiger charge is -2.19. The van der Waals surface area contributed by atoms with Gasteiger partial charge in [-0.25, -0.2) is 0 Å². The predicted molar refractivity (Wildman–Crippen MR) is 118 cm³/mol. The van der Waals surface area contributed by atoms with Crippen LogP contribution in [0.15, 0.2) is 42.5 Å². The van der Waals surface area contributed by atoms with E-state index in [1.54, 1.807) is 42.5 Å². The van der Waals surface area contributed by atoms with E-state index in [1.165, 1.54) is 14.2 Å². The fourth-order valence-electron chi connectivity index (χ4n) is 2.95. The predicted octanol–water partition coefficient (Wildman–Crippen LogP) is 2.04. The number of benzene rings is 2. The van der Waals surface area contributed by atoms with Crippen LogP contribution in [0.5, 0.6) is 11.5 Å². The van der Waals surface area contributed by atoms with Crippen LogP contribution in [0, 0.1) is 5.41 Å². The van der Waals surface area contributed by atoms with Crippen LogP contribution in [0.25, 0.3) is 0 Å². The molecular weight excluding hydrogens is 416 g/mol. The Morgan fingerprint density at radius 3 is 2.19 bits per heavy atom. The number of hydrogen-bond acceptors (Lipinski definition) is 6. The number of carbonyl (C=O) groups is 3. The Balaban J connectivity index is 1.97. The van der Waals surface area contributed by atoms with Crippen molar-refractivity contribution in [3.05, 3.63) is 53.6 Å². The summed E-state index contributed by atoms with van der Waals surface area (Å²) in [5.74, 6) is -1.12. The topological polar surface area (TPSA) is 164 Å². The number of nitrogen functional groups attached to an aromatic ring is 1. The lowest BCUT2D eigenvalue weighted by atomic mass is 10.0. The van der Waals surface area contributed by atoms with E-state index in [0.29, 0.717) is 28.3 Å². The van der Waals surface area contributed by atoms with Crippen molar-refractivity contribution in [2.75, 3.05) is 19.5 Å². The second-order valence-electron chi connectivity index (χ2n) is 6.87. The molecule has 170 valence electrons. The Hall–Kier alpha value is -4.08. The Bertz CT molecular complexity index is 990. The SMILES string of the molecule is COc1ccc([C@H](CC(=O)O)NC(=O)CCC(=O)Nc2ccc(C(=N)N)cc2)cc1OC. The van der Waals surface area contributed by atoms with Gasteiger partial charge in [-0.1, -0.05) is 6.07 Å². The highest BCUT2D eigenvalue weighted by atomic mass is 16.5. The molecule has 2 aromatic carbocycles. The normalized spacial score (nSPS) is 11.2. The van der Waals surface area contributed by atoms with E-state index in [9.17, 15) is 19.5 Å². The van der Waals surface area contributed by atoms with Crippen LogP contribution < -0.4 is 25.8 Å². The van der Waals surface area contributed by atoms with Gasteiger partial charge in [-0.3, -0.25) is 19.8 Å². The van der Waals surface area contributed by atoms with Gasteiger partial charge in [-0.05, 0) is 42.0 Å². The summed E-state index contributed by atoms with van der Waals surface area (Å²) < 4.78 is 10.4. The van der Waals surface area contributed by atoms with Gasteiger partial charge in [0.1, 0.15) is 5.84 Å². The molecule has 0 saturated heterocycles. The van der Waals surface area contributed by atoms with E-state index in [4.69, 9.17) is 20.6 Å². The molecule has 0 fully saturated rings. The molecule has 0 aliphatic rings. The maximum absolute atomic E-state index is 12.4. The number of hydrogen-bond donors (Lipinski definition) is 5. The van der Waals surface area contributed by atoms with E-state index >= 15 is 0 Å². The summed E-state index contributed by atoms with van der Waals surface area (Å²) in [6.07, 6.45) is -0.553. The summed E-state index contributed by atoms with van der Waals surface area (Å²) in [7, 11) is 2.94. The number of aliphatic carboxylic acids is 1. The molecule has 2 rings (SSSR count). The van der Waals surface area contributed by atoms with Gasteiger partial charge >= 0.3 is 5.97 Å². The van der Waals surface area contributed by atoms with E-state index < -0.39 is 17.9 Å². The fraction of sp³-hybridized carbons (Fsp3) is 0.273. The molecule has 10 nitrogen and oxygen atoms in total. The van der Waals surface area contributed by atoms with Crippen molar-refractivity contribution in [1.82, 2.24) is 5.32 Å². The number of rotatable bonds is 11. The molecule has 0 heterocycles. The van der Waals surface area contributed by atoms with Gasteiger partial charge in [0.05, 0.1) is 26.7 Å². The Morgan fingerprint density at radius 2 is 1.62 bits per heavy atom. The van der Waals surface area contributed by atoms with Crippen LogP contribution in [-0.4, -0.2) is 42.9 Å². The second-order valence-corrected chi connectivity index (χ2v) is 6.87. The number of nitrogens with one attached hydrogen (secondary N) is 3. The molecule has 0 aliphatic carbocycles. The average Bonchev–Trinajstić information content (AvgIpc) is 2.76. The highest BCUT2D eigenvalue weighted by Crippen LogP contribution is 2.31. The first-order chi connectivity index (χ1) is 15.2. The number of amides is 2. The third-order valence-corrected chi connectivity index (χ3v) is 4.58. The zero-order chi connectivity index (χ0) is 23.7.